The number of hydroxylamine groups is 2. The van der Waals surface area contributed by atoms with Crippen molar-refractivity contribution in [1.29, 1.82) is 0 Å². The molecule has 2 aromatic carbocycles. The second-order valence-corrected chi connectivity index (χ2v) is 7.21. The highest BCUT2D eigenvalue weighted by molar-refractivity contribution is 5.69. The first-order valence-corrected chi connectivity index (χ1v) is 10.2. The van der Waals surface area contributed by atoms with E-state index in [2.05, 4.69) is 4.98 Å². The van der Waals surface area contributed by atoms with Crippen molar-refractivity contribution in [3.8, 4) is 5.75 Å². The summed E-state index contributed by atoms with van der Waals surface area (Å²) in [7, 11) is 0. The standard InChI is InChI=1S/C23H23N3O8/c1-15-13-25(21(28)24-20(15)27)16(2)32-19(17-9-5-3-6-10-17)14-26(22(29)30)34-23(31)33-18-11-7-4-8-12-18/h3-13,16,19H,14H2,1-2H3,(H,29,30)(H,24,27,28). The van der Waals surface area contributed by atoms with E-state index >= 15 is 0 Å². The Morgan fingerprint density at radius 1 is 1.06 bits per heavy atom. The van der Waals surface area contributed by atoms with Crippen LogP contribution in [0.2, 0.25) is 0 Å². The zero-order chi connectivity index (χ0) is 24.7. The summed E-state index contributed by atoms with van der Waals surface area (Å²) in [5.74, 6) is 0.176. The topological polar surface area (TPSA) is 140 Å². The third-order valence-corrected chi connectivity index (χ3v) is 4.74. The number of nitrogens with one attached hydrogen (secondary N) is 1. The predicted octanol–water partition coefficient (Wildman–Crippen LogP) is 3.23. The fourth-order valence-corrected chi connectivity index (χ4v) is 3.05. The van der Waals surface area contributed by atoms with Crippen molar-refractivity contribution in [3.63, 3.8) is 0 Å². The van der Waals surface area contributed by atoms with Crippen LogP contribution in [0.5, 0.6) is 5.75 Å². The van der Waals surface area contributed by atoms with Crippen molar-refractivity contribution in [1.82, 2.24) is 14.6 Å². The highest BCUT2D eigenvalue weighted by Crippen LogP contribution is 2.24. The Kier molecular flexibility index (Phi) is 7.83. The van der Waals surface area contributed by atoms with Crippen molar-refractivity contribution in [2.45, 2.75) is 26.2 Å². The highest BCUT2D eigenvalue weighted by Gasteiger charge is 2.27. The summed E-state index contributed by atoms with van der Waals surface area (Å²) in [6.45, 7) is 2.67. The van der Waals surface area contributed by atoms with Crippen molar-refractivity contribution in [2.24, 2.45) is 0 Å². The second kappa shape index (κ2) is 11.0. The Morgan fingerprint density at radius 2 is 1.68 bits per heavy atom. The van der Waals surface area contributed by atoms with Crippen molar-refractivity contribution >= 4 is 12.2 Å². The first-order valence-electron chi connectivity index (χ1n) is 10.2. The smallest absolute Gasteiger partial charge is 0.463 e. The molecule has 2 unspecified atom stereocenters. The molecule has 1 heterocycles. The molecule has 0 radical (unpaired) electrons. The largest absolute Gasteiger partial charge is 0.539 e. The van der Waals surface area contributed by atoms with Gasteiger partial charge in [0.2, 0.25) is 0 Å². The maximum Gasteiger partial charge on any atom is 0.539 e. The number of H-pyrrole nitrogens is 1. The fourth-order valence-electron chi connectivity index (χ4n) is 3.05. The van der Waals surface area contributed by atoms with Crippen molar-refractivity contribution in [2.75, 3.05) is 6.54 Å². The molecule has 0 spiro atoms. The van der Waals surface area contributed by atoms with Crippen LogP contribution < -0.4 is 16.0 Å². The molecular weight excluding hydrogens is 446 g/mol. The molecule has 2 atom stereocenters. The van der Waals surface area contributed by atoms with Crippen molar-refractivity contribution in [3.05, 3.63) is 98.8 Å². The Labute approximate surface area is 193 Å². The lowest BCUT2D eigenvalue weighted by Crippen LogP contribution is -2.39. The Morgan fingerprint density at radius 3 is 2.29 bits per heavy atom. The molecule has 0 aliphatic heterocycles. The molecule has 3 aromatic rings. The molecular formula is C23H23N3O8. The van der Waals surface area contributed by atoms with Crippen LogP contribution in [0.3, 0.4) is 0 Å². The van der Waals surface area contributed by atoms with Gasteiger partial charge in [-0.05, 0) is 31.5 Å². The molecule has 0 fully saturated rings. The van der Waals surface area contributed by atoms with Crippen LogP contribution in [-0.2, 0) is 9.57 Å². The van der Waals surface area contributed by atoms with Gasteiger partial charge in [-0.1, -0.05) is 48.5 Å². The number of benzene rings is 2. The average Bonchev–Trinajstić information content (AvgIpc) is 2.81. The number of nitrogens with zero attached hydrogens (tertiary/aromatic N) is 2. The molecule has 0 aliphatic rings. The van der Waals surface area contributed by atoms with E-state index in [1.807, 2.05) is 0 Å². The molecule has 178 valence electrons. The minimum Gasteiger partial charge on any atom is -0.463 e. The van der Waals surface area contributed by atoms with Gasteiger partial charge in [0.15, 0.2) is 0 Å². The van der Waals surface area contributed by atoms with Crippen LogP contribution in [0, 0.1) is 6.92 Å². The van der Waals surface area contributed by atoms with Crippen LogP contribution in [0.1, 0.15) is 30.4 Å². The molecule has 0 bridgehead atoms. The third kappa shape index (κ3) is 6.33. The second-order valence-electron chi connectivity index (χ2n) is 7.21. The van der Waals surface area contributed by atoms with Gasteiger partial charge in [-0.25, -0.2) is 14.4 Å². The van der Waals surface area contributed by atoms with E-state index in [1.165, 1.54) is 29.8 Å². The van der Waals surface area contributed by atoms with Gasteiger partial charge < -0.3 is 14.6 Å². The zero-order valence-corrected chi connectivity index (χ0v) is 18.4. The molecule has 11 nitrogen and oxygen atoms in total. The number of hydrogen-bond acceptors (Lipinski definition) is 7. The van der Waals surface area contributed by atoms with Gasteiger partial charge >= 0.3 is 17.9 Å². The predicted molar refractivity (Wildman–Crippen MR) is 119 cm³/mol. The minimum atomic E-state index is -1.56. The maximum atomic E-state index is 12.2. The van der Waals surface area contributed by atoms with Gasteiger partial charge in [0.1, 0.15) is 18.1 Å². The number of aromatic amines is 1. The first-order chi connectivity index (χ1) is 16.2. The number of ether oxygens (including phenoxy) is 2. The number of aryl methyl sites for hydroxylation is 1. The normalized spacial score (nSPS) is 12.4. The number of carboxylic acid groups (broad SMARTS) is 1. The van der Waals surface area contributed by atoms with E-state index in [1.54, 1.807) is 55.5 Å². The van der Waals surface area contributed by atoms with Crippen LogP contribution >= 0.6 is 0 Å². The number of para-hydroxylation sites is 1. The molecule has 0 aliphatic carbocycles. The summed E-state index contributed by atoms with van der Waals surface area (Å²) in [5, 5.41) is 9.97. The Bertz CT molecular complexity index is 1240. The molecule has 2 N–H and O–H groups in total. The first kappa shape index (κ1) is 24.3. The lowest BCUT2D eigenvalue weighted by atomic mass is 10.1. The number of carbonyl (C=O) groups excluding carboxylic acids is 1. The highest BCUT2D eigenvalue weighted by atomic mass is 16.8. The van der Waals surface area contributed by atoms with Gasteiger partial charge in [0, 0.05) is 11.8 Å². The van der Waals surface area contributed by atoms with Gasteiger partial charge in [0.25, 0.3) is 5.56 Å². The number of hydrogen-bond donors (Lipinski definition) is 2. The zero-order valence-electron chi connectivity index (χ0n) is 18.4. The summed E-state index contributed by atoms with van der Waals surface area (Å²) in [4.78, 5) is 54.9. The summed E-state index contributed by atoms with van der Waals surface area (Å²) in [5.41, 5.74) is -0.344. The number of rotatable bonds is 7. The Hall–Kier alpha value is -4.38. The molecule has 1 amide bonds. The van der Waals surface area contributed by atoms with E-state index in [-0.39, 0.29) is 5.75 Å². The summed E-state index contributed by atoms with van der Waals surface area (Å²) < 4.78 is 12.1. The van der Waals surface area contributed by atoms with Crippen LogP contribution in [-0.4, -0.2) is 38.5 Å². The monoisotopic (exact) mass is 469 g/mol. The van der Waals surface area contributed by atoms with Gasteiger partial charge in [0.05, 0.1) is 6.54 Å². The molecule has 11 heteroatoms. The molecule has 3 rings (SSSR count). The van der Waals surface area contributed by atoms with E-state index < -0.39 is 42.4 Å². The molecule has 1 aromatic heterocycles. The number of carbonyl (C=O) groups is 2. The third-order valence-electron chi connectivity index (χ3n) is 4.74. The van der Waals surface area contributed by atoms with E-state index in [0.29, 0.717) is 16.2 Å². The molecule has 0 saturated heterocycles. The average molecular weight is 469 g/mol. The fraction of sp³-hybridized carbons (Fsp3) is 0.217. The maximum absolute atomic E-state index is 12.2. The summed E-state index contributed by atoms with van der Waals surface area (Å²) >= 11 is 0. The van der Waals surface area contributed by atoms with Crippen LogP contribution in [0.4, 0.5) is 9.59 Å². The van der Waals surface area contributed by atoms with Crippen LogP contribution in [0.15, 0.2) is 76.4 Å². The lowest BCUT2D eigenvalue weighted by molar-refractivity contribution is -0.134. The van der Waals surface area contributed by atoms with Crippen molar-refractivity contribution < 1.29 is 29.0 Å². The van der Waals surface area contributed by atoms with Gasteiger partial charge in [-0.15, -0.1) is 5.06 Å². The number of aromatic nitrogens is 2. The van der Waals surface area contributed by atoms with Gasteiger partial charge in [-0.3, -0.25) is 19.2 Å². The quantitative estimate of drug-likeness (QED) is 0.305. The van der Waals surface area contributed by atoms with E-state index in [0.717, 1.165) is 0 Å². The van der Waals surface area contributed by atoms with E-state index in [9.17, 15) is 24.3 Å². The van der Waals surface area contributed by atoms with E-state index in [4.69, 9.17) is 14.3 Å². The molecule has 0 saturated carbocycles. The van der Waals surface area contributed by atoms with Gasteiger partial charge in [-0.2, -0.15) is 0 Å². The Balaban J connectivity index is 1.81. The minimum absolute atomic E-state index is 0.176. The summed E-state index contributed by atoms with van der Waals surface area (Å²) in [6.07, 6.45) is -3.31. The van der Waals surface area contributed by atoms with Crippen LogP contribution in [0.25, 0.3) is 0 Å². The number of amides is 1. The SMILES string of the molecule is Cc1cn(C(C)OC(CN(OC(=O)Oc2ccccc2)C(=O)O)c2ccccc2)c(=O)[nH]c1=O. The lowest BCUT2D eigenvalue weighted by Gasteiger charge is -2.27. The molecule has 34 heavy (non-hydrogen) atoms. The summed E-state index contributed by atoms with van der Waals surface area (Å²) in [6, 6.07) is 16.6.